The van der Waals surface area contributed by atoms with Crippen LogP contribution in [0.5, 0.6) is 0 Å². The van der Waals surface area contributed by atoms with Gasteiger partial charge in [-0.05, 0) is 48.5 Å². The van der Waals surface area contributed by atoms with Crippen LogP contribution in [0.1, 0.15) is 5.56 Å². The van der Waals surface area contributed by atoms with Crippen molar-refractivity contribution in [3.05, 3.63) is 66.0 Å². The first kappa shape index (κ1) is 12.9. The second-order valence-electron chi connectivity index (χ2n) is 4.53. The molecule has 102 valence electrons. The molecular formula is C16H11FN4. The molecule has 21 heavy (non-hydrogen) atoms. The fourth-order valence-electron chi connectivity index (χ4n) is 2.04. The Kier molecular flexibility index (Phi) is 3.13. The minimum absolute atomic E-state index is 0.293. The van der Waals surface area contributed by atoms with E-state index >= 15 is 0 Å². The van der Waals surface area contributed by atoms with Crippen LogP contribution in [0.15, 0.2) is 54.6 Å². The maximum Gasteiger partial charge on any atom is 0.127 e. The highest BCUT2D eigenvalue weighted by Crippen LogP contribution is 2.23. The van der Waals surface area contributed by atoms with Crippen molar-refractivity contribution in [1.29, 1.82) is 5.26 Å². The average Bonchev–Trinajstić information content (AvgIpc) is 2.90. The highest BCUT2D eigenvalue weighted by molar-refractivity contribution is 5.63. The maximum absolute atomic E-state index is 12.9. The molecule has 0 saturated carbocycles. The van der Waals surface area contributed by atoms with Crippen LogP contribution >= 0.6 is 0 Å². The number of benzene rings is 2. The van der Waals surface area contributed by atoms with Crippen LogP contribution < -0.4 is 5.73 Å². The first-order valence-electron chi connectivity index (χ1n) is 6.29. The third-order valence-electron chi connectivity index (χ3n) is 3.12. The lowest BCUT2D eigenvalue weighted by Gasteiger charge is -2.03. The Balaban J connectivity index is 2.01. The average molecular weight is 278 g/mol. The minimum Gasteiger partial charge on any atom is -0.384 e. The highest BCUT2D eigenvalue weighted by Gasteiger charge is 2.09. The van der Waals surface area contributed by atoms with E-state index in [-0.39, 0.29) is 5.82 Å². The van der Waals surface area contributed by atoms with Gasteiger partial charge in [0.1, 0.15) is 11.6 Å². The van der Waals surface area contributed by atoms with Gasteiger partial charge in [0, 0.05) is 11.6 Å². The molecular weight excluding hydrogens is 267 g/mol. The van der Waals surface area contributed by atoms with Gasteiger partial charge in [0.05, 0.1) is 23.0 Å². The first-order valence-corrected chi connectivity index (χ1v) is 6.29. The number of halogens is 1. The summed E-state index contributed by atoms with van der Waals surface area (Å²) in [4.78, 5) is 0. The molecule has 3 rings (SSSR count). The van der Waals surface area contributed by atoms with Gasteiger partial charge in [0.25, 0.3) is 0 Å². The van der Waals surface area contributed by atoms with Crippen LogP contribution in [-0.4, -0.2) is 9.78 Å². The largest absolute Gasteiger partial charge is 0.384 e. The van der Waals surface area contributed by atoms with Crippen molar-refractivity contribution in [1.82, 2.24) is 9.78 Å². The monoisotopic (exact) mass is 278 g/mol. The Morgan fingerprint density at radius 2 is 1.71 bits per heavy atom. The number of rotatable bonds is 2. The summed E-state index contributed by atoms with van der Waals surface area (Å²) in [6.07, 6.45) is 0. The summed E-state index contributed by atoms with van der Waals surface area (Å²) >= 11 is 0. The van der Waals surface area contributed by atoms with Crippen LogP contribution in [0.25, 0.3) is 16.9 Å². The van der Waals surface area contributed by atoms with Crippen molar-refractivity contribution in [2.45, 2.75) is 0 Å². The fourth-order valence-corrected chi connectivity index (χ4v) is 2.04. The third kappa shape index (κ3) is 2.47. The van der Waals surface area contributed by atoms with Crippen molar-refractivity contribution in [2.24, 2.45) is 0 Å². The van der Waals surface area contributed by atoms with E-state index in [1.54, 1.807) is 47.1 Å². The summed E-state index contributed by atoms with van der Waals surface area (Å²) in [6, 6.07) is 16.8. The molecule has 5 heteroatoms. The van der Waals surface area contributed by atoms with Crippen molar-refractivity contribution >= 4 is 5.82 Å². The number of hydrogen-bond donors (Lipinski definition) is 1. The Labute approximate surface area is 120 Å². The van der Waals surface area contributed by atoms with E-state index in [1.807, 2.05) is 0 Å². The molecule has 2 aromatic carbocycles. The predicted molar refractivity (Wildman–Crippen MR) is 78.1 cm³/mol. The quantitative estimate of drug-likeness (QED) is 0.783. The number of aromatic nitrogens is 2. The molecule has 0 amide bonds. The van der Waals surface area contributed by atoms with Crippen LogP contribution in [0.2, 0.25) is 0 Å². The van der Waals surface area contributed by atoms with E-state index in [9.17, 15) is 4.39 Å². The van der Waals surface area contributed by atoms with Crippen LogP contribution in [-0.2, 0) is 0 Å². The second kappa shape index (κ2) is 5.10. The lowest BCUT2D eigenvalue weighted by molar-refractivity contribution is 0.628. The van der Waals surface area contributed by atoms with Crippen LogP contribution in [0, 0.1) is 17.1 Å². The van der Waals surface area contributed by atoms with Gasteiger partial charge >= 0.3 is 0 Å². The Morgan fingerprint density at radius 3 is 2.33 bits per heavy atom. The van der Waals surface area contributed by atoms with Crippen molar-refractivity contribution in [2.75, 3.05) is 5.73 Å². The van der Waals surface area contributed by atoms with Gasteiger partial charge in [0.15, 0.2) is 0 Å². The van der Waals surface area contributed by atoms with Gasteiger partial charge in [-0.25, -0.2) is 9.07 Å². The normalized spacial score (nSPS) is 10.3. The van der Waals surface area contributed by atoms with Crippen LogP contribution in [0.4, 0.5) is 10.2 Å². The Morgan fingerprint density at radius 1 is 1.05 bits per heavy atom. The van der Waals surface area contributed by atoms with Gasteiger partial charge in [-0.1, -0.05) is 0 Å². The van der Waals surface area contributed by atoms with Gasteiger partial charge < -0.3 is 5.73 Å². The standard InChI is InChI=1S/C16H11FN4/c17-13-5-3-12(4-6-13)15-9-16(19)21(20-15)14-7-1-11(10-18)2-8-14/h1-9H,19H2. The second-order valence-corrected chi connectivity index (χ2v) is 4.53. The Bertz CT molecular complexity index is 811. The predicted octanol–water partition coefficient (Wildman–Crippen LogP) is 3.13. The van der Waals surface area contributed by atoms with Crippen LogP contribution in [0.3, 0.4) is 0 Å². The van der Waals surface area contributed by atoms with E-state index in [1.165, 1.54) is 12.1 Å². The SMILES string of the molecule is N#Cc1ccc(-n2nc(-c3ccc(F)cc3)cc2N)cc1. The van der Waals surface area contributed by atoms with E-state index in [0.29, 0.717) is 17.1 Å². The number of anilines is 1. The molecule has 0 fully saturated rings. The van der Waals surface area contributed by atoms with Gasteiger partial charge in [-0.2, -0.15) is 10.4 Å². The molecule has 0 saturated heterocycles. The van der Waals surface area contributed by atoms with E-state index < -0.39 is 0 Å². The summed E-state index contributed by atoms with van der Waals surface area (Å²) in [6.45, 7) is 0. The number of nitrogen functional groups attached to an aromatic ring is 1. The maximum atomic E-state index is 12.9. The number of nitrogens with two attached hydrogens (primary N) is 1. The lowest BCUT2D eigenvalue weighted by atomic mass is 10.1. The molecule has 0 radical (unpaired) electrons. The lowest BCUT2D eigenvalue weighted by Crippen LogP contribution is -2.01. The molecule has 2 N–H and O–H groups in total. The first-order chi connectivity index (χ1) is 10.2. The fraction of sp³-hybridized carbons (Fsp3) is 0. The number of hydrogen-bond acceptors (Lipinski definition) is 3. The summed E-state index contributed by atoms with van der Waals surface area (Å²) < 4.78 is 14.5. The van der Waals surface area contributed by atoms with Crippen molar-refractivity contribution < 1.29 is 4.39 Å². The molecule has 1 aromatic heterocycles. The van der Waals surface area contributed by atoms with Gasteiger partial charge in [0.2, 0.25) is 0 Å². The third-order valence-corrected chi connectivity index (χ3v) is 3.12. The zero-order chi connectivity index (χ0) is 14.8. The molecule has 0 aliphatic rings. The molecule has 0 atom stereocenters. The minimum atomic E-state index is -0.293. The smallest absolute Gasteiger partial charge is 0.127 e. The topological polar surface area (TPSA) is 67.6 Å². The summed E-state index contributed by atoms with van der Waals surface area (Å²) in [7, 11) is 0. The molecule has 4 nitrogen and oxygen atoms in total. The zero-order valence-corrected chi connectivity index (χ0v) is 11.0. The van der Waals surface area contributed by atoms with E-state index in [2.05, 4.69) is 11.2 Å². The molecule has 0 unspecified atom stereocenters. The number of nitriles is 1. The van der Waals surface area contributed by atoms with E-state index in [4.69, 9.17) is 11.0 Å². The van der Waals surface area contributed by atoms with Crippen molar-refractivity contribution in [3.8, 4) is 23.0 Å². The summed E-state index contributed by atoms with van der Waals surface area (Å²) in [5.74, 6) is 0.178. The Hall–Kier alpha value is -3.13. The molecule has 0 spiro atoms. The van der Waals surface area contributed by atoms with Gasteiger partial charge in [-0.15, -0.1) is 0 Å². The highest BCUT2D eigenvalue weighted by atomic mass is 19.1. The van der Waals surface area contributed by atoms with E-state index in [0.717, 1.165) is 11.3 Å². The van der Waals surface area contributed by atoms with Crippen molar-refractivity contribution in [3.63, 3.8) is 0 Å². The molecule has 3 aromatic rings. The molecule has 0 aliphatic heterocycles. The number of nitrogens with zero attached hydrogens (tertiary/aromatic N) is 3. The molecule has 0 bridgehead atoms. The summed E-state index contributed by atoms with van der Waals surface area (Å²) in [5, 5.41) is 13.2. The van der Waals surface area contributed by atoms with Gasteiger partial charge in [-0.3, -0.25) is 0 Å². The molecule has 1 heterocycles. The molecule has 0 aliphatic carbocycles. The zero-order valence-electron chi connectivity index (χ0n) is 11.0. The summed E-state index contributed by atoms with van der Waals surface area (Å²) in [5.41, 5.74) is 8.76.